The fourth-order valence-electron chi connectivity index (χ4n) is 4.00. The van der Waals surface area contributed by atoms with Gasteiger partial charge in [-0.2, -0.15) is 0 Å². The lowest BCUT2D eigenvalue weighted by molar-refractivity contribution is -0.118. The van der Waals surface area contributed by atoms with E-state index >= 15 is 0 Å². The Labute approximate surface area is 212 Å². The first-order chi connectivity index (χ1) is 16.6. The van der Waals surface area contributed by atoms with Crippen LogP contribution in [-0.2, 0) is 18.6 Å². The van der Waals surface area contributed by atoms with Crippen LogP contribution in [0.2, 0.25) is 0 Å². The van der Waals surface area contributed by atoms with Crippen LogP contribution in [0.1, 0.15) is 123 Å². The molecule has 2 N–H and O–H groups in total. The van der Waals surface area contributed by atoms with Gasteiger partial charge in [0.25, 0.3) is 0 Å². The lowest BCUT2D eigenvalue weighted by atomic mass is 10.0. The summed E-state index contributed by atoms with van der Waals surface area (Å²) in [6, 6.07) is 0. The monoisotopic (exact) mass is 505 g/mol. The van der Waals surface area contributed by atoms with Gasteiger partial charge in [0.2, 0.25) is 0 Å². The van der Waals surface area contributed by atoms with Gasteiger partial charge >= 0.3 is 8.60 Å². The molecule has 0 aliphatic rings. The number of nitrogens with one attached hydrogen (secondary N) is 1. The van der Waals surface area contributed by atoms with E-state index in [0.29, 0.717) is 19.6 Å². The fourth-order valence-corrected chi connectivity index (χ4v) is 4.69. The van der Waals surface area contributed by atoms with E-state index in [0.717, 1.165) is 26.0 Å². The molecular weight excluding hydrogens is 449 g/mol. The number of Topliss-reactive ketones (excluding diaryl/α,β-unsaturated/α-hetero) is 1. The number of ketones is 1. The molecule has 7 heteroatoms. The van der Waals surface area contributed by atoms with E-state index < -0.39 is 8.60 Å². The largest absolute Gasteiger partial charge is 0.381 e. The van der Waals surface area contributed by atoms with Gasteiger partial charge in [-0.3, -0.25) is 0 Å². The van der Waals surface area contributed by atoms with Crippen molar-refractivity contribution in [2.24, 2.45) is 5.92 Å². The summed E-state index contributed by atoms with van der Waals surface area (Å²) in [6.45, 7) is 6.64. The lowest BCUT2D eigenvalue weighted by Crippen LogP contribution is -2.19. The zero-order valence-electron chi connectivity index (χ0n) is 22.7. The molecule has 0 rings (SSSR count). The van der Waals surface area contributed by atoms with Gasteiger partial charge in [-0.25, -0.2) is 0 Å². The number of rotatable bonds is 28. The highest BCUT2D eigenvalue weighted by atomic mass is 31.2. The van der Waals surface area contributed by atoms with Crippen molar-refractivity contribution in [1.29, 1.82) is 0 Å². The van der Waals surface area contributed by atoms with E-state index in [9.17, 15) is 9.69 Å². The third kappa shape index (κ3) is 26.5. The SMILES string of the molecule is CCCCCCCCCCCCCCCCCOCC(COP(O)OCCCNC)CC(C)=O. The predicted octanol–water partition coefficient (Wildman–Crippen LogP) is 7.33. The zero-order valence-corrected chi connectivity index (χ0v) is 23.6. The summed E-state index contributed by atoms with van der Waals surface area (Å²) >= 11 is 0. The van der Waals surface area contributed by atoms with E-state index in [1.807, 2.05) is 7.05 Å². The maximum atomic E-state index is 11.5. The quantitative estimate of drug-likeness (QED) is 0.0856. The summed E-state index contributed by atoms with van der Waals surface area (Å²) in [5, 5.41) is 3.03. The van der Waals surface area contributed by atoms with Crippen molar-refractivity contribution in [1.82, 2.24) is 5.32 Å². The Morgan fingerprint density at radius 1 is 0.765 bits per heavy atom. The highest BCUT2D eigenvalue weighted by Crippen LogP contribution is 2.33. The van der Waals surface area contributed by atoms with Gasteiger partial charge in [0, 0.05) is 18.9 Å². The molecule has 0 aromatic heterocycles. The molecule has 0 radical (unpaired) electrons. The van der Waals surface area contributed by atoms with E-state index in [4.69, 9.17) is 13.8 Å². The van der Waals surface area contributed by atoms with Crippen molar-refractivity contribution >= 4 is 14.4 Å². The standard InChI is InChI=1S/C27H56NO5P/c1-4-5-6-7-8-9-10-11-12-13-14-15-16-17-18-21-31-24-27(23-26(2)29)25-33-34(30)32-22-19-20-28-3/h27-28,30H,4-25H2,1-3H3. The maximum absolute atomic E-state index is 11.5. The molecule has 0 aliphatic carbocycles. The molecule has 0 aliphatic heterocycles. The number of hydrogen-bond donors (Lipinski definition) is 2. The van der Waals surface area contributed by atoms with Gasteiger partial charge in [-0.15, -0.1) is 0 Å². The molecule has 0 saturated carbocycles. The second kappa shape index (κ2) is 27.5. The van der Waals surface area contributed by atoms with E-state index in [-0.39, 0.29) is 18.3 Å². The Kier molecular flexibility index (Phi) is 27.4. The first kappa shape index (κ1) is 33.9. The molecular formula is C27H56NO5P. The van der Waals surface area contributed by atoms with Gasteiger partial charge < -0.3 is 28.8 Å². The predicted molar refractivity (Wildman–Crippen MR) is 144 cm³/mol. The van der Waals surface area contributed by atoms with E-state index in [1.54, 1.807) is 6.92 Å². The molecule has 0 aromatic rings. The summed E-state index contributed by atoms with van der Waals surface area (Å²) in [5.74, 6) is 0.0771. The van der Waals surface area contributed by atoms with Crippen LogP contribution >= 0.6 is 8.60 Å². The topological polar surface area (TPSA) is 77.0 Å². The van der Waals surface area contributed by atoms with Crippen LogP contribution in [-0.4, -0.2) is 50.7 Å². The second-order valence-corrected chi connectivity index (χ2v) is 10.6. The Bertz CT molecular complexity index is 428. The van der Waals surface area contributed by atoms with Gasteiger partial charge in [0.1, 0.15) is 5.78 Å². The maximum Gasteiger partial charge on any atom is 0.329 e. The minimum Gasteiger partial charge on any atom is -0.381 e. The van der Waals surface area contributed by atoms with Crippen molar-refractivity contribution in [2.45, 2.75) is 123 Å². The Morgan fingerprint density at radius 2 is 1.29 bits per heavy atom. The van der Waals surface area contributed by atoms with Crippen LogP contribution in [0.15, 0.2) is 0 Å². The molecule has 204 valence electrons. The molecule has 0 aromatic carbocycles. The highest BCUT2D eigenvalue weighted by Gasteiger charge is 2.16. The van der Waals surface area contributed by atoms with E-state index in [1.165, 1.54) is 89.9 Å². The van der Waals surface area contributed by atoms with Crippen LogP contribution in [0.25, 0.3) is 0 Å². The molecule has 2 unspecified atom stereocenters. The third-order valence-electron chi connectivity index (χ3n) is 6.02. The van der Waals surface area contributed by atoms with Crippen LogP contribution in [0.4, 0.5) is 0 Å². The Balaban J connectivity index is 3.54. The zero-order chi connectivity index (χ0) is 25.1. The summed E-state index contributed by atoms with van der Waals surface area (Å²) in [5.41, 5.74) is 0. The van der Waals surface area contributed by atoms with Crippen LogP contribution in [0, 0.1) is 5.92 Å². The number of carbonyl (C=O) groups excluding carboxylic acids is 1. The fraction of sp³-hybridized carbons (Fsp3) is 0.963. The van der Waals surface area contributed by atoms with E-state index in [2.05, 4.69) is 12.2 Å². The Hall–Kier alpha value is -0.100. The molecule has 6 nitrogen and oxygen atoms in total. The molecule has 2 atom stereocenters. The minimum absolute atomic E-state index is 0.0353. The summed E-state index contributed by atoms with van der Waals surface area (Å²) in [6.07, 6.45) is 21.5. The van der Waals surface area contributed by atoms with Gasteiger partial charge in [-0.1, -0.05) is 96.8 Å². The normalized spacial score (nSPS) is 13.3. The van der Waals surface area contributed by atoms with Crippen molar-refractivity contribution in [3.05, 3.63) is 0 Å². The van der Waals surface area contributed by atoms with Crippen LogP contribution in [0.5, 0.6) is 0 Å². The molecule has 0 fully saturated rings. The summed E-state index contributed by atoms with van der Waals surface area (Å²) in [4.78, 5) is 21.3. The summed E-state index contributed by atoms with van der Waals surface area (Å²) in [7, 11) is -0.0104. The Morgan fingerprint density at radius 3 is 1.79 bits per heavy atom. The van der Waals surface area contributed by atoms with Gasteiger partial charge in [0.05, 0.1) is 19.8 Å². The smallest absolute Gasteiger partial charge is 0.329 e. The number of ether oxygens (including phenoxy) is 1. The summed E-state index contributed by atoms with van der Waals surface area (Å²) < 4.78 is 16.5. The average molecular weight is 506 g/mol. The second-order valence-electron chi connectivity index (χ2n) is 9.62. The average Bonchev–Trinajstić information content (AvgIpc) is 2.81. The molecule has 34 heavy (non-hydrogen) atoms. The third-order valence-corrected chi connectivity index (χ3v) is 6.79. The van der Waals surface area contributed by atoms with Gasteiger partial charge in [-0.05, 0) is 33.4 Å². The lowest BCUT2D eigenvalue weighted by Gasteiger charge is -2.18. The molecule has 0 amide bonds. The first-order valence-corrected chi connectivity index (χ1v) is 15.2. The number of hydrogen-bond acceptors (Lipinski definition) is 6. The highest BCUT2D eigenvalue weighted by molar-refractivity contribution is 7.40. The van der Waals surface area contributed by atoms with Crippen molar-refractivity contribution in [3.8, 4) is 0 Å². The molecule has 0 spiro atoms. The first-order valence-electron chi connectivity index (χ1n) is 14.1. The van der Waals surface area contributed by atoms with Crippen LogP contribution in [0.3, 0.4) is 0 Å². The number of carbonyl (C=O) groups is 1. The van der Waals surface area contributed by atoms with Crippen molar-refractivity contribution in [3.63, 3.8) is 0 Å². The van der Waals surface area contributed by atoms with Gasteiger partial charge in [0.15, 0.2) is 0 Å². The minimum atomic E-state index is -1.89. The van der Waals surface area contributed by atoms with Crippen molar-refractivity contribution in [2.75, 3.05) is 40.0 Å². The molecule has 0 saturated heterocycles. The van der Waals surface area contributed by atoms with Crippen molar-refractivity contribution < 1.29 is 23.5 Å². The molecule has 0 heterocycles. The number of unbranched alkanes of at least 4 members (excludes halogenated alkanes) is 14. The molecule has 0 bridgehead atoms. The van der Waals surface area contributed by atoms with Crippen LogP contribution < -0.4 is 5.32 Å².